The minimum Gasteiger partial charge on any atom is -0.493 e. The van der Waals surface area contributed by atoms with Gasteiger partial charge in [0.1, 0.15) is 5.75 Å². The zero-order valence-corrected chi connectivity index (χ0v) is 15.2. The van der Waals surface area contributed by atoms with Crippen LogP contribution in [0.1, 0.15) is 48.1 Å². The first kappa shape index (κ1) is 16.6. The van der Waals surface area contributed by atoms with Crippen molar-refractivity contribution in [1.29, 1.82) is 0 Å². The van der Waals surface area contributed by atoms with Crippen molar-refractivity contribution < 1.29 is 13.2 Å². The lowest BCUT2D eigenvalue weighted by molar-refractivity contribution is 0.356. The minimum atomic E-state index is -3.56. The van der Waals surface area contributed by atoms with Crippen LogP contribution in [-0.2, 0) is 29.3 Å². The van der Waals surface area contributed by atoms with Crippen molar-refractivity contribution in [3.8, 4) is 5.75 Å². The molecule has 2 aliphatic rings. The molecular formula is C20H23NO3S. The largest absolute Gasteiger partial charge is 0.493 e. The number of ether oxygens (including phenoxy) is 1. The second-order valence-electron chi connectivity index (χ2n) is 6.95. The van der Waals surface area contributed by atoms with Gasteiger partial charge in [-0.3, -0.25) is 0 Å². The quantitative estimate of drug-likeness (QED) is 0.910. The van der Waals surface area contributed by atoms with Gasteiger partial charge in [-0.1, -0.05) is 18.2 Å². The second-order valence-corrected chi connectivity index (χ2v) is 8.66. The second kappa shape index (κ2) is 6.46. The van der Waals surface area contributed by atoms with Gasteiger partial charge >= 0.3 is 0 Å². The molecule has 1 atom stereocenters. The topological polar surface area (TPSA) is 55.4 Å². The first-order valence-electron chi connectivity index (χ1n) is 8.93. The van der Waals surface area contributed by atoms with E-state index >= 15 is 0 Å². The maximum atomic E-state index is 12.8. The van der Waals surface area contributed by atoms with E-state index in [1.807, 2.05) is 13.0 Å². The van der Waals surface area contributed by atoms with E-state index < -0.39 is 10.0 Å². The van der Waals surface area contributed by atoms with Gasteiger partial charge in [-0.2, -0.15) is 0 Å². The molecule has 0 aromatic heterocycles. The monoisotopic (exact) mass is 357 g/mol. The first-order chi connectivity index (χ1) is 12.0. The van der Waals surface area contributed by atoms with Crippen LogP contribution in [0, 0.1) is 0 Å². The van der Waals surface area contributed by atoms with Crippen molar-refractivity contribution >= 4 is 10.0 Å². The Morgan fingerprint density at radius 1 is 0.960 bits per heavy atom. The first-order valence-corrected chi connectivity index (χ1v) is 10.4. The molecule has 4 nitrogen and oxygen atoms in total. The van der Waals surface area contributed by atoms with Crippen LogP contribution in [0.3, 0.4) is 0 Å². The van der Waals surface area contributed by atoms with E-state index in [0.29, 0.717) is 11.5 Å². The molecule has 0 saturated heterocycles. The molecule has 1 aliphatic carbocycles. The molecule has 0 amide bonds. The number of rotatable bonds is 4. The lowest BCUT2D eigenvalue weighted by atomic mass is 9.89. The van der Waals surface area contributed by atoms with Crippen LogP contribution in [0.5, 0.6) is 5.75 Å². The maximum Gasteiger partial charge on any atom is 0.241 e. The smallest absolute Gasteiger partial charge is 0.241 e. The lowest BCUT2D eigenvalue weighted by Gasteiger charge is -2.20. The van der Waals surface area contributed by atoms with Gasteiger partial charge in [0, 0.05) is 12.5 Å². The summed E-state index contributed by atoms with van der Waals surface area (Å²) < 4.78 is 33.8. The molecule has 1 heterocycles. The summed E-state index contributed by atoms with van der Waals surface area (Å²) in [7, 11) is -3.56. The van der Waals surface area contributed by atoms with Crippen molar-refractivity contribution in [2.45, 2.75) is 50.0 Å². The van der Waals surface area contributed by atoms with E-state index in [0.717, 1.165) is 36.1 Å². The predicted molar refractivity (Wildman–Crippen MR) is 97.5 cm³/mol. The number of hydrogen-bond acceptors (Lipinski definition) is 3. The molecule has 1 aliphatic heterocycles. The van der Waals surface area contributed by atoms with Crippen molar-refractivity contribution in [1.82, 2.24) is 4.72 Å². The third kappa shape index (κ3) is 3.31. The Bertz CT molecular complexity index is 905. The third-order valence-corrected chi connectivity index (χ3v) is 6.71. The molecule has 2 aromatic carbocycles. The minimum absolute atomic E-state index is 0.262. The zero-order valence-electron chi connectivity index (χ0n) is 14.4. The summed E-state index contributed by atoms with van der Waals surface area (Å²) in [5, 5.41) is 0. The highest BCUT2D eigenvalue weighted by molar-refractivity contribution is 7.89. The summed E-state index contributed by atoms with van der Waals surface area (Å²) in [6.45, 7) is 2.52. The van der Waals surface area contributed by atoms with Crippen molar-refractivity contribution in [3.05, 3.63) is 58.7 Å². The van der Waals surface area contributed by atoms with E-state index in [1.165, 1.54) is 24.0 Å². The van der Waals surface area contributed by atoms with E-state index in [2.05, 4.69) is 16.9 Å². The fourth-order valence-corrected chi connectivity index (χ4v) is 5.00. The van der Waals surface area contributed by atoms with Gasteiger partial charge < -0.3 is 4.74 Å². The summed E-state index contributed by atoms with van der Waals surface area (Å²) in [6, 6.07) is 11.2. The number of hydrogen-bond donors (Lipinski definition) is 1. The van der Waals surface area contributed by atoms with E-state index in [1.54, 1.807) is 18.2 Å². The van der Waals surface area contributed by atoms with E-state index in [-0.39, 0.29) is 6.04 Å². The molecule has 1 N–H and O–H groups in total. The fourth-order valence-electron chi connectivity index (χ4n) is 3.72. The summed E-state index contributed by atoms with van der Waals surface area (Å²) in [4.78, 5) is 0.307. The Balaban J connectivity index is 1.56. The van der Waals surface area contributed by atoms with Gasteiger partial charge in [0.15, 0.2) is 0 Å². The average Bonchev–Trinajstić information content (AvgIpc) is 3.08. The molecule has 1 unspecified atom stereocenters. The molecular weight excluding hydrogens is 334 g/mol. The Morgan fingerprint density at radius 2 is 1.76 bits per heavy atom. The summed E-state index contributed by atoms with van der Waals surface area (Å²) in [6.07, 6.45) is 5.45. The van der Waals surface area contributed by atoms with Crippen LogP contribution in [0.4, 0.5) is 0 Å². The lowest BCUT2D eigenvalue weighted by Crippen LogP contribution is -2.27. The molecule has 25 heavy (non-hydrogen) atoms. The molecule has 0 saturated carbocycles. The van der Waals surface area contributed by atoms with Crippen LogP contribution < -0.4 is 9.46 Å². The SMILES string of the molecule is CC(NS(=O)(=O)c1ccc2c(c1)CCO2)c1ccc2c(c1)CCCC2. The number of aryl methyl sites for hydroxylation is 2. The fraction of sp³-hybridized carbons (Fsp3) is 0.400. The van der Waals surface area contributed by atoms with Crippen LogP contribution in [0.2, 0.25) is 0 Å². The van der Waals surface area contributed by atoms with Gasteiger partial charge in [0.05, 0.1) is 11.5 Å². The molecule has 0 radical (unpaired) electrons. The Labute approximate surface area is 149 Å². The van der Waals surface area contributed by atoms with Crippen LogP contribution in [0.25, 0.3) is 0 Å². The molecule has 5 heteroatoms. The Kier molecular flexibility index (Phi) is 4.29. The summed E-state index contributed by atoms with van der Waals surface area (Å²) >= 11 is 0. The normalized spacial score (nSPS) is 17.5. The highest BCUT2D eigenvalue weighted by Gasteiger charge is 2.22. The molecule has 2 aromatic rings. The van der Waals surface area contributed by atoms with Gasteiger partial charge in [0.25, 0.3) is 0 Å². The molecule has 132 valence electrons. The maximum absolute atomic E-state index is 12.8. The summed E-state index contributed by atoms with van der Waals surface area (Å²) in [5.74, 6) is 0.793. The van der Waals surface area contributed by atoms with Crippen LogP contribution >= 0.6 is 0 Å². The van der Waals surface area contributed by atoms with E-state index in [4.69, 9.17) is 4.74 Å². The van der Waals surface area contributed by atoms with Crippen molar-refractivity contribution in [3.63, 3.8) is 0 Å². The van der Waals surface area contributed by atoms with Crippen molar-refractivity contribution in [2.24, 2.45) is 0 Å². The average molecular weight is 357 g/mol. The number of benzene rings is 2. The van der Waals surface area contributed by atoms with E-state index in [9.17, 15) is 8.42 Å². The predicted octanol–water partition coefficient (Wildman–Crippen LogP) is 3.54. The van der Waals surface area contributed by atoms with Crippen molar-refractivity contribution in [2.75, 3.05) is 6.61 Å². The van der Waals surface area contributed by atoms with Gasteiger partial charge in [-0.05, 0) is 73.1 Å². The van der Waals surface area contributed by atoms with Crippen LogP contribution in [-0.4, -0.2) is 15.0 Å². The van der Waals surface area contributed by atoms with Gasteiger partial charge in [0.2, 0.25) is 10.0 Å². The van der Waals surface area contributed by atoms with Gasteiger partial charge in [-0.25, -0.2) is 13.1 Å². The third-order valence-electron chi connectivity index (χ3n) is 5.18. The molecule has 0 bridgehead atoms. The standard InChI is InChI=1S/C20H23NO3S/c1-14(16-7-6-15-4-2-3-5-17(15)12-16)21-25(22,23)19-8-9-20-18(13-19)10-11-24-20/h6-9,12-14,21H,2-5,10-11H2,1H3. The number of fused-ring (bicyclic) bond motifs is 2. The number of nitrogens with one attached hydrogen (secondary N) is 1. The highest BCUT2D eigenvalue weighted by Crippen LogP contribution is 2.29. The number of sulfonamides is 1. The zero-order chi connectivity index (χ0) is 17.4. The molecule has 4 rings (SSSR count). The Hall–Kier alpha value is -1.85. The summed E-state index contributed by atoms with van der Waals surface area (Å²) in [5.41, 5.74) is 4.76. The Morgan fingerprint density at radius 3 is 2.60 bits per heavy atom. The highest BCUT2D eigenvalue weighted by atomic mass is 32.2. The van der Waals surface area contributed by atoms with Gasteiger partial charge in [-0.15, -0.1) is 0 Å². The molecule has 0 spiro atoms. The molecule has 0 fully saturated rings. The van der Waals surface area contributed by atoms with Crippen LogP contribution in [0.15, 0.2) is 41.3 Å².